The van der Waals surface area contributed by atoms with Crippen LogP contribution in [0.25, 0.3) is 0 Å². The Kier molecular flexibility index (Phi) is 2.44. The Hall–Kier alpha value is -1.76. The second-order valence-corrected chi connectivity index (χ2v) is 5.47. The van der Waals surface area contributed by atoms with Gasteiger partial charge in [-0.3, -0.25) is 0 Å². The zero-order valence-electron chi connectivity index (χ0n) is 11.1. The molecule has 0 saturated carbocycles. The van der Waals surface area contributed by atoms with Gasteiger partial charge in [-0.2, -0.15) is 0 Å². The van der Waals surface area contributed by atoms with Crippen molar-refractivity contribution in [2.24, 2.45) is 0 Å². The van der Waals surface area contributed by atoms with Crippen molar-refractivity contribution in [1.82, 2.24) is 0 Å². The van der Waals surface area contributed by atoms with Crippen molar-refractivity contribution in [2.45, 2.75) is 32.3 Å². The van der Waals surface area contributed by atoms with Crippen LogP contribution in [0.2, 0.25) is 0 Å². The lowest BCUT2D eigenvalue weighted by atomic mass is 9.76. The van der Waals surface area contributed by atoms with Crippen LogP contribution in [-0.4, -0.2) is 0 Å². The number of para-hydroxylation sites is 1. The molecule has 3 rings (SSSR count). The molecule has 18 heavy (non-hydrogen) atoms. The number of hydrogen-bond donors (Lipinski definition) is 0. The highest BCUT2D eigenvalue weighted by molar-refractivity contribution is 5.51. The quantitative estimate of drug-likeness (QED) is 0.658. The predicted octanol–water partition coefficient (Wildman–Crippen LogP) is 4.47. The molecule has 0 amide bonds. The molecule has 2 aromatic carbocycles. The molecular formula is C17H18O. The van der Waals surface area contributed by atoms with Gasteiger partial charge in [-0.1, -0.05) is 56.3 Å². The molecule has 0 N–H and O–H groups in total. The SMILES string of the molecule is CC1Oc2ccccc2C(C)(C)c2ccccc21. The Bertz CT molecular complexity index is 584. The van der Waals surface area contributed by atoms with E-state index in [4.69, 9.17) is 4.74 Å². The summed E-state index contributed by atoms with van der Waals surface area (Å²) >= 11 is 0. The summed E-state index contributed by atoms with van der Waals surface area (Å²) < 4.78 is 6.12. The Morgan fingerprint density at radius 3 is 2.28 bits per heavy atom. The lowest BCUT2D eigenvalue weighted by Gasteiger charge is -2.26. The molecule has 0 saturated heterocycles. The third kappa shape index (κ3) is 1.54. The van der Waals surface area contributed by atoms with Gasteiger partial charge in [0.25, 0.3) is 0 Å². The zero-order valence-corrected chi connectivity index (χ0v) is 11.1. The number of hydrogen-bond acceptors (Lipinski definition) is 1. The third-order valence-corrected chi connectivity index (χ3v) is 3.94. The summed E-state index contributed by atoms with van der Waals surface area (Å²) in [5.74, 6) is 1.01. The molecule has 0 aliphatic carbocycles. The maximum absolute atomic E-state index is 6.12. The van der Waals surface area contributed by atoms with Crippen molar-refractivity contribution >= 4 is 0 Å². The van der Waals surface area contributed by atoms with Crippen LogP contribution in [0.15, 0.2) is 48.5 Å². The number of fused-ring (bicyclic) bond motifs is 2. The van der Waals surface area contributed by atoms with Gasteiger partial charge < -0.3 is 4.74 Å². The van der Waals surface area contributed by atoms with E-state index < -0.39 is 0 Å². The normalized spacial score (nSPS) is 20.3. The minimum Gasteiger partial charge on any atom is -0.486 e. The topological polar surface area (TPSA) is 9.23 Å². The van der Waals surface area contributed by atoms with Crippen LogP contribution in [0.1, 0.15) is 43.6 Å². The lowest BCUT2D eigenvalue weighted by molar-refractivity contribution is 0.227. The molecule has 0 bridgehead atoms. The average Bonchev–Trinajstić information content (AvgIpc) is 2.46. The second kappa shape index (κ2) is 3.88. The maximum Gasteiger partial charge on any atom is 0.124 e. The molecule has 1 unspecified atom stereocenters. The molecule has 92 valence electrons. The molecule has 1 atom stereocenters. The number of rotatable bonds is 0. The summed E-state index contributed by atoms with van der Waals surface area (Å²) in [6.07, 6.45) is 0.101. The first-order chi connectivity index (χ1) is 8.60. The molecule has 1 heteroatoms. The van der Waals surface area contributed by atoms with Gasteiger partial charge in [0.2, 0.25) is 0 Å². The second-order valence-electron chi connectivity index (χ2n) is 5.47. The van der Waals surface area contributed by atoms with Gasteiger partial charge in [-0.25, -0.2) is 0 Å². The maximum atomic E-state index is 6.12. The van der Waals surface area contributed by atoms with Crippen molar-refractivity contribution in [3.05, 3.63) is 65.2 Å². The van der Waals surface area contributed by atoms with Crippen LogP contribution in [0.3, 0.4) is 0 Å². The van der Waals surface area contributed by atoms with Crippen molar-refractivity contribution in [3.8, 4) is 5.75 Å². The Morgan fingerprint density at radius 2 is 1.50 bits per heavy atom. The van der Waals surface area contributed by atoms with Gasteiger partial charge in [-0.05, 0) is 24.1 Å². The summed E-state index contributed by atoms with van der Waals surface area (Å²) in [5, 5.41) is 0. The number of benzene rings is 2. The minimum absolute atomic E-state index is 0.0159. The predicted molar refractivity (Wildman–Crippen MR) is 74.1 cm³/mol. The van der Waals surface area contributed by atoms with Gasteiger partial charge in [0.15, 0.2) is 0 Å². The summed E-state index contributed by atoms with van der Waals surface area (Å²) in [4.78, 5) is 0. The van der Waals surface area contributed by atoms with Crippen LogP contribution in [-0.2, 0) is 5.41 Å². The van der Waals surface area contributed by atoms with Crippen LogP contribution in [0.5, 0.6) is 5.75 Å². The van der Waals surface area contributed by atoms with Crippen LogP contribution in [0, 0.1) is 0 Å². The van der Waals surface area contributed by atoms with E-state index in [1.807, 2.05) is 6.07 Å². The molecule has 0 aromatic heterocycles. The van der Waals surface area contributed by atoms with Gasteiger partial charge in [0, 0.05) is 11.0 Å². The Morgan fingerprint density at radius 1 is 0.889 bits per heavy atom. The Balaban J connectivity index is 2.31. The van der Waals surface area contributed by atoms with E-state index in [1.54, 1.807) is 0 Å². The summed E-state index contributed by atoms with van der Waals surface area (Å²) in [6, 6.07) is 17.0. The summed E-state index contributed by atoms with van der Waals surface area (Å²) in [5.41, 5.74) is 3.90. The van der Waals surface area contributed by atoms with Crippen LogP contribution in [0.4, 0.5) is 0 Å². The van der Waals surface area contributed by atoms with Crippen LogP contribution < -0.4 is 4.74 Å². The van der Waals surface area contributed by atoms with Gasteiger partial charge in [-0.15, -0.1) is 0 Å². The molecule has 1 heterocycles. The van der Waals surface area contributed by atoms with E-state index in [0.29, 0.717) is 0 Å². The number of ether oxygens (including phenoxy) is 1. The highest BCUT2D eigenvalue weighted by atomic mass is 16.5. The van der Waals surface area contributed by atoms with Gasteiger partial charge in [0.1, 0.15) is 11.9 Å². The van der Waals surface area contributed by atoms with E-state index in [-0.39, 0.29) is 11.5 Å². The van der Waals surface area contributed by atoms with Gasteiger partial charge >= 0.3 is 0 Å². The smallest absolute Gasteiger partial charge is 0.124 e. The molecule has 0 radical (unpaired) electrons. The molecule has 0 fully saturated rings. The van der Waals surface area contributed by atoms with Crippen molar-refractivity contribution in [3.63, 3.8) is 0 Å². The average molecular weight is 238 g/mol. The standard InChI is InChI=1S/C17H18O/c1-12-13-8-4-5-9-14(13)17(2,3)15-10-6-7-11-16(15)18-12/h4-12H,1-3H3. The third-order valence-electron chi connectivity index (χ3n) is 3.94. The fourth-order valence-electron chi connectivity index (χ4n) is 2.91. The molecule has 1 aliphatic rings. The fraction of sp³-hybridized carbons (Fsp3) is 0.294. The van der Waals surface area contributed by atoms with Crippen molar-refractivity contribution < 1.29 is 4.74 Å². The molecular weight excluding hydrogens is 220 g/mol. The molecule has 0 spiro atoms. The molecule has 2 aromatic rings. The molecule has 1 aliphatic heterocycles. The van der Waals surface area contributed by atoms with Crippen LogP contribution >= 0.6 is 0 Å². The Labute approximate surface area is 108 Å². The monoisotopic (exact) mass is 238 g/mol. The largest absolute Gasteiger partial charge is 0.486 e. The first-order valence-corrected chi connectivity index (χ1v) is 6.46. The van der Waals surface area contributed by atoms with E-state index >= 15 is 0 Å². The minimum atomic E-state index is -0.0159. The van der Waals surface area contributed by atoms with E-state index in [1.165, 1.54) is 16.7 Å². The summed E-state index contributed by atoms with van der Waals surface area (Å²) in [6.45, 7) is 6.66. The fourth-order valence-corrected chi connectivity index (χ4v) is 2.91. The molecule has 1 nitrogen and oxygen atoms in total. The van der Waals surface area contributed by atoms with Crippen molar-refractivity contribution in [1.29, 1.82) is 0 Å². The van der Waals surface area contributed by atoms with E-state index in [9.17, 15) is 0 Å². The lowest BCUT2D eigenvalue weighted by Crippen LogP contribution is -2.19. The highest BCUT2D eigenvalue weighted by Gasteiger charge is 2.33. The first-order valence-electron chi connectivity index (χ1n) is 6.46. The van der Waals surface area contributed by atoms with E-state index in [0.717, 1.165) is 5.75 Å². The summed E-state index contributed by atoms with van der Waals surface area (Å²) in [7, 11) is 0. The highest BCUT2D eigenvalue weighted by Crippen LogP contribution is 2.44. The van der Waals surface area contributed by atoms with Gasteiger partial charge in [0.05, 0.1) is 0 Å². The first kappa shape index (κ1) is 11.3. The van der Waals surface area contributed by atoms with Crippen molar-refractivity contribution in [2.75, 3.05) is 0 Å². The van der Waals surface area contributed by atoms with E-state index in [2.05, 4.69) is 63.2 Å². The zero-order chi connectivity index (χ0) is 12.8.